The van der Waals surface area contributed by atoms with Crippen molar-refractivity contribution in [3.63, 3.8) is 0 Å². The van der Waals surface area contributed by atoms with E-state index in [4.69, 9.17) is 0 Å². The molecule has 0 spiro atoms. The van der Waals surface area contributed by atoms with E-state index in [0.717, 1.165) is 64.1 Å². The molecule has 0 unspecified atom stereocenters. The maximum Gasteiger partial charge on any atom is 0.244 e. The molecule has 7 heteroatoms. The number of amides is 1. The largest absolute Gasteiger partial charge is 0.341 e. The molecule has 3 saturated heterocycles. The molecular weight excluding hydrogens is 362 g/mol. The third-order valence-electron chi connectivity index (χ3n) is 6.21. The molecule has 3 fully saturated rings. The van der Waals surface area contributed by atoms with E-state index < -0.39 is 9.84 Å². The van der Waals surface area contributed by atoms with Crippen LogP contribution in [0, 0.1) is 0 Å². The van der Waals surface area contributed by atoms with Crippen LogP contribution in [0.3, 0.4) is 0 Å². The molecule has 0 N–H and O–H groups in total. The lowest BCUT2D eigenvalue weighted by molar-refractivity contribution is -0.137. The fraction of sp³-hybridized carbons (Fsp3) is 0.650. The van der Waals surface area contributed by atoms with Crippen LogP contribution in [-0.2, 0) is 14.6 Å². The van der Waals surface area contributed by atoms with Gasteiger partial charge in [-0.15, -0.1) is 0 Å². The third kappa shape index (κ3) is 4.20. The summed E-state index contributed by atoms with van der Waals surface area (Å²) in [5, 5.41) is 0. The molecule has 3 heterocycles. The van der Waals surface area contributed by atoms with Crippen LogP contribution >= 0.6 is 0 Å². The molecule has 1 aromatic rings. The third-order valence-corrected chi connectivity index (χ3v) is 7.96. The van der Waals surface area contributed by atoms with Crippen molar-refractivity contribution in [2.45, 2.75) is 31.3 Å². The Hall–Kier alpha value is -1.44. The molecule has 148 valence electrons. The Morgan fingerprint density at radius 2 is 1.63 bits per heavy atom. The predicted octanol–water partition coefficient (Wildman–Crippen LogP) is 1.15. The Balaban J connectivity index is 1.46. The van der Waals surface area contributed by atoms with Crippen molar-refractivity contribution >= 4 is 15.7 Å². The van der Waals surface area contributed by atoms with E-state index in [9.17, 15) is 13.2 Å². The summed E-state index contributed by atoms with van der Waals surface area (Å²) in [6, 6.07) is 10.0. The van der Waals surface area contributed by atoms with E-state index >= 15 is 0 Å². The minimum atomic E-state index is -2.86. The van der Waals surface area contributed by atoms with Crippen molar-refractivity contribution in [3.8, 4) is 0 Å². The molecule has 6 nitrogen and oxygen atoms in total. The van der Waals surface area contributed by atoms with Crippen molar-refractivity contribution in [1.82, 2.24) is 14.7 Å². The predicted molar refractivity (Wildman–Crippen MR) is 105 cm³/mol. The first-order valence-electron chi connectivity index (χ1n) is 10.1. The molecule has 1 amide bonds. The lowest BCUT2D eigenvalue weighted by Crippen LogP contribution is -2.54. The van der Waals surface area contributed by atoms with Crippen molar-refractivity contribution in [1.29, 1.82) is 0 Å². The zero-order chi connectivity index (χ0) is 18.9. The molecule has 27 heavy (non-hydrogen) atoms. The van der Waals surface area contributed by atoms with Gasteiger partial charge in [-0.3, -0.25) is 14.6 Å². The van der Waals surface area contributed by atoms with E-state index in [1.165, 1.54) is 0 Å². The fourth-order valence-corrected chi connectivity index (χ4v) is 6.44. The van der Waals surface area contributed by atoms with Gasteiger partial charge in [0.1, 0.15) is 6.04 Å². The van der Waals surface area contributed by atoms with Gasteiger partial charge in [0.25, 0.3) is 0 Å². The highest BCUT2D eigenvalue weighted by atomic mass is 32.2. The quantitative estimate of drug-likeness (QED) is 0.771. The molecule has 0 bridgehead atoms. The van der Waals surface area contributed by atoms with Gasteiger partial charge in [0.2, 0.25) is 5.91 Å². The molecule has 0 aliphatic carbocycles. The summed E-state index contributed by atoms with van der Waals surface area (Å²) in [5.41, 5.74) is 1.06. The number of likely N-dealkylation sites (tertiary alicyclic amines) is 1. The van der Waals surface area contributed by atoms with E-state index in [2.05, 4.69) is 21.9 Å². The molecule has 0 radical (unpaired) electrons. The topological polar surface area (TPSA) is 60.9 Å². The normalized spacial score (nSPS) is 27.7. The number of nitrogens with zero attached hydrogens (tertiary/aromatic N) is 3. The van der Waals surface area contributed by atoms with Crippen LogP contribution in [0.4, 0.5) is 0 Å². The molecule has 0 saturated carbocycles. The van der Waals surface area contributed by atoms with Gasteiger partial charge < -0.3 is 4.90 Å². The summed E-state index contributed by atoms with van der Waals surface area (Å²) in [6.07, 6.45) is 2.94. The number of rotatable bonds is 4. The Morgan fingerprint density at radius 1 is 0.963 bits per heavy atom. The number of carbonyl (C=O) groups is 1. The SMILES string of the molecule is O=C([C@@H](c1ccccc1)N1CCN([C@H]2CCS(=O)(=O)C2)CC1)N1CCCC1. The summed E-state index contributed by atoms with van der Waals surface area (Å²) in [4.78, 5) is 19.9. The monoisotopic (exact) mass is 391 g/mol. The Morgan fingerprint density at radius 3 is 2.22 bits per heavy atom. The van der Waals surface area contributed by atoms with Crippen molar-refractivity contribution in [2.75, 3.05) is 50.8 Å². The molecule has 4 rings (SSSR count). The van der Waals surface area contributed by atoms with Crippen LogP contribution < -0.4 is 0 Å². The van der Waals surface area contributed by atoms with E-state index in [0.29, 0.717) is 11.5 Å². The molecule has 1 aromatic carbocycles. The summed E-state index contributed by atoms with van der Waals surface area (Å²) in [7, 11) is -2.86. The van der Waals surface area contributed by atoms with Crippen molar-refractivity contribution in [3.05, 3.63) is 35.9 Å². The van der Waals surface area contributed by atoms with Gasteiger partial charge in [-0.1, -0.05) is 30.3 Å². The van der Waals surface area contributed by atoms with Gasteiger partial charge in [-0.2, -0.15) is 0 Å². The highest BCUT2D eigenvalue weighted by molar-refractivity contribution is 7.91. The second-order valence-electron chi connectivity index (χ2n) is 7.97. The fourth-order valence-electron chi connectivity index (χ4n) is 4.68. The molecular formula is C20H29N3O3S. The molecule has 3 aliphatic heterocycles. The van der Waals surface area contributed by atoms with Crippen molar-refractivity contribution < 1.29 is 13.2 Å². The van der Waals surface area contributed by atoms with E-state index in [1.807, 2.05) is 23.1 Å². The summed E-state index contributed by atoms with van der Waals surface area (Å²) < 4.78 is 23.6. The standard InChI is InChI=1S/C20H29N3O3S/c24-20(23-9-4-5-10-23)19(17-6-2-1-3-7-17)22-13-11-21(12-14-22)18-8-15-27(25,26)16-18/h1-3,6-7,18-19H,4-5,8-16H2/t18-,19+/m0/s1. The van der Waals surface area contributed by atoms with Crippen molar-refractivity contribution in [2.24, 2.45) is 0 Å². The highest BCUT2D eigenvalue weighted by Crippen LogP contribution is 2.28. The Bertz CT molecular complexity index is 754. The highest BCUT2D eigenvalue weighted by Gasteiger charge is 2.37. The second-order valence-corrected chi connectivity index (χ2v) is 10.2. The molecule has 3 aliphatic rings. The number of piperazine rings is 1. The minimum Gasteiger partial charge on any atom is -0.341 e. The number of sulfone groups is 1. The van der Waals surface area contributed by atoms with Gasteiger partial charge in [0, 0.05) is 45.3 Å². The van der Waals surface area contributed by atoms with Gasteiger partial charge in [0.15, 0.2) is 9.84 Å². The minimum absolute atomic E-state index is 0.154. The Kier molecular flexibility index (Phi) is 5.53. The first-order chi connectivity index (χ1) is 13.0. The number of hydrogen-bond acceptors (Lipinski definition) is 5. The molecule has 2 atom stereocenters. The Labute approximate surface area is 162 Å². The molecule has 0 aromatic heterocycles. The van der Waals surface area contributed by atoms with Crippen LogP contribution in [0.25, 0.3) is 0 Å². The first kappa shape index (κ1) is 18.9. The lowest BCUT2D eigenvalue weighted by Gasteiger charge is -2.41. The summed E-state index contributed by atoms with van der Waals surface area (Å²) in [6.45, 7) is 4.99. The number of carbonyl (C=O) groups excluding carboxylic acids is 1. The lowest BCUT2D eigenvalue weighted by atomic mass is 10.0. The second kappa shape index (κ2) is 7.89. The van der Waals surface area contributed by atoms with Gasteiger partial charge in [-0.25, -0.2) is 8.42 Å². The van der Waals surface area contributed by atoms with Crippen LogP contribution in [0.1, 0.15) is 30.9 Å². The maximum atomic E-state index is 13.3. The van der Waals surface area contributed by atoms with E-state index in [-0.39, 0.29) is 18.0 Å². The maximum absolute atomic E-state index is 13.3. The average Bonchev–Trinajstić information content (AvgIpc) is 3.33. The van der Waals surface area contributed by atoms with Crippen LogP contribution in [0.15, 0.2) is 30.3 Å². The van der Waals surface area contributed by atoms with Crippen LogP contribution in [0.2, 0.25) is 0 Å². The zero-order valence-corrected chi connectivity index (χ0v) is 16.6. The number of benzene rings is 1. The summed E-state index contributed by atoms with van der Waals surface area (Å²) in [5.74, 6) is 0.829. The zero-order valence-electron chi connectivity index (χ0n) is 15.8. The number of hydrogen-bond donors (Lipinski definition) is 0. The average molecular weight is 392 g/mol. The van der Waals surface area contributed by atoms with Gasteiger partial charge >= 0.3 is 0 Å². The summed E-state index contributed by atoms with van der Waals surface area (Å²) >= 11 is 0. The first-order valence-corrected chi connectivity index (χ1v) is 11.9. The van der Waals surface area contributed by atoms with Gasteiger partial charge in [0.05, 0.1) is 11.5 Å². The smallest absolute Gasteiger partial charge is 0.244 e. The van der Waals surface area contributed by atoms with Gasteiger partial charge in [-0.05, 0) is 24.8 Å². The van der Waals surface area contributed by atoms with Crippen LogP contribution in [0.5, 0.6) is 0 Å². The van der Waals surface area contributed by atoms with E-state index in [1.54, 1.807) is 0 Å². The van der Waals surface area contributed by atoms with Crippen LogP contribution in [-0.4, -0.2) is 85.8 Å².